The molecule has 25 heavy (non-hydrogen) atoms. The Balaban J connectivity index is 1.63. The zero-order valence-electron chi connectivity index (χ0n) is 16.0. The van der Waals surface area contributed by atoms with Gasteiger partial charge < -0.3 is 5.32 Å². The van der Waals surface area contributed by atoms with Crippen LogP contribution in [0.15, 0.2) is 24.3 Å². The van der Waals surface area contributed by atoms with Crippen molar-refractivity contribution in [1.29, 1.82) is 0 Å². The fourth-order valence-corrected chi connectivity index (χ4v) is 5.08. The highest BCUT2D eigenvalue weighted by Gasteiger charge is 2.25. The number of rotatable bonds is 6. The molecule has 1 aliphatic rings. The number of anilines is 1. The van der Waals surface area contributed by atoms with Gasteiger partial charge in [-0.2, -0.15) is 0 Å². The number of hydrogen-bond acceptors (Lipinski definition) is 4. The Morgan fingerprint density at radius 2 is 2.04 bits per heavy atom. The van der Waals surface area contributed by atoms with Crippen molar-refractivity contribution in [1.82, 2.24) is 9.88 Å². The van der Waals surface area contributed by atoms with E-state index < -0.39 is 0 Å². The Kier molecular flexibility index (Phi) is 6.13. The monoisotopic (exact) mass is 357 g/mol. The van der Waals surface area contributed by atoms with Crippen molar-refractivity contribution < 1.29 is 0 Å². The van der Waals surface area contributed by atoms with Gasteiger partial charge in [-0.25, -0.2) is 0 Å². The van der Waals surface area contributed by atoms with Gasteiger partial charge in [-0.3, -0.25) is 9.88 Å². The molecule has 0 radical (unpaired) electrons. The molecular weight excluding hydrogens is 326 g/mol. The van der Waals surface area contributed by atoms with Gasteiger partial charge in [-0.1, -0.05) is 0 Å². The van der Waals surface area contributed by atoms with Crippen LogP contribution in [-0.4, -0.2) is 29.5 Å². The smallest absolute Gasteiger partial charge is 0.0885 e. The first-order valence-corrected chi connectivity index (χ1v) is 10.4. The van der Waals surface area contributed by atoms with Gasteiger partial charge in [0, 0.05) is 35.4 Å². The molecule has 3 heterocycles. The Hall–Kier alpha value is -1.39. The first-order valence-electron chi connectivity index (χ1n) is 9.57. The Labute approximate surface area is 156 Å². The predicted molar refractivity (Wildman–Crippen MR) is 109 cm³/mol. The lowest BCUT2D eigenvalue weighted by Gasteiger charge is -2.36. The molecule has 0 aromatic carbocycles. The fraction of sp³-hybridized carbons (Fsp3) is 0.571. The number of pyridine rings is 1. The second kappa shape index (κ2) is 8.33. The summed E-state index contributed by atoms with van der Waals surface area (Å²) in [6.07, 6.45) is 3.83. The van der Waals surface area contributed by atoms with Crippen molar-refractivity contribution in [2.45, 2.75) is 53.0 Å². The minimum Gasteiger partial charge on any atom is -0.377 e. The van der Waals surface area contributed by atoms with Crippen LogP contribution in [0.2, 0.25) is 0 Å². The van der Waals surface area contributed by atoms with Crippen molar-refractivity contribution >= 4 is 16.3 Å². The Bertz CT molecular complexity index is 674. The molecule has 0 aliphatic carbocycles. The molecule has 1 aliphatic heterocycles. The molecule has 2 aromatic rings. The quantitative estimate of drug-likeness (QED) is 0.769. The molecule has 1 saturated heterocycles. The molecule has 0 bridgehead atoms. The lowest BCUT2D eigenvalue weighted by Crippen LogP contribution is -2.37. The summed E-state index contributed by atoms with van der Waals surface area (Å²) in [5.74, 6) is 0.755. The third-order valence-corrected chi connectivity index (χ3v) is 6.37. The lowest BCUT2D eigenvalue weighted by atomic mass is 9.90. The summed E-state index contributed by atoms with van der Waals surface area (Å²) in [5, 5.41) is 4.72. The van der Waals surface area contributed by atoms with E-state index in [0.717, 1.165) is 23.9 Å². The van der Waals surface area contributed by atoms with Gasteiger partial charge in [-0.05, 0) is 89.2 Å². The third-order valence-electron chi connectivity index (χ3n) is 5.15. The maximum Gasteiger partial charge on any atom is 0.0885 e. The number of nitrogens with one attached hydrogen (secondary N) is 1. The maximum atomic E-state index is 4.51. The molecule has 0 saturated carbocycles. The first kappa shape index (κ1) is 18.4. The highest BCUT2D eigenvalue weighted by Crippen LogP contribution is 2.33. The van der Waals surface area contributed by atoms with E-state index in [2.05, 4.69) is 67.2 Å². The van der Waals surface area contributed by atoms with Gasteiger partial charge in [0.2, 0.25) is 0 Å². The number of hydrogen-bond donors (Lipinski definition) is 1. The van der Waals surface area contributed by atoms with Crippen LogP contribution < -0.4 is 5.32 Å². The molecule has 136 valence electrons. The SMILES string of the molecule is CCNc1ccc(C(C)N2CCC[C@H](Cc3cc(C)nc(C)c3)C2)s1. The van der Waals surface area contributed by atoms with Crippen LogP contribution in [0.3, 0.4) is 0 Å². The summed E-state index contributed by atoms with van der Waals surface area (Å²) < 4.78 is 0. The van der Waals surface area contributed by atoms with Crippen LogP contribution in [0, 0.1) is 19.8 Å². The van der Waals surface area contributed by atoms with Gasteiger partial charge in [0.15, 0.2) is 0 Å². The zero-order chi connectivity index (χ0) is 17.8. The molecule has 3 rings (SSSR count). The number of piperidine rings is 1. The van der Waals surface area contributed by atoms with E-state index in [-0.39, 0.29) is 0 Å². The first-order chi connectivity index (χ1) is 12.0. The molecular formula is C21H31N3S. The zero-order valence-corrected chi connectivity index (χ0v) is 16.8. The van der Waals surface area contributed by atoms with Crippen LogP contribution in [0.4, 0.5) is 5.00 Å². The van der Waals surface area contributed by atoms with Gasteiger partial charge in [-0.15, -0.1) is 11.3 Å². The standard InChI is InChI=1S/C21H31N3S/c1-5-22-21-9-8-20(25-21)17(4)24-10-6-7-18(14-24)13-19-11-15(2)23-16(3)12-19/h8-9,11-12,17-18,22H,5-7,10,13-14H2,1-4H3/t17?,18-/m1/s1. The summed E-state index contributed by atoms with van der Waals surface area (Å²) >= 11 is 1.91. The van der Waals surface area contributed by atoms with E-state index in [0.29, 0.717) is 6.04 Å². The second-order valence-corrected chi connectivity index (χ2v) is 8.49. The van der Waals surface area contributed by atoms with E-state index in [9.17, 15) is 0 Å². The van der Waals surface area contributed by atoms with Crippen LogP contribution in [0.5, 0.6) is 0 Å². The van der Waals surface area contributed by atoms with Crippen LogP contribution in [-0.2, 0) is 6.42 Å². The molecule has 1 N–H and O–H groups in total. The number of aryl methyl sites for hydroxylation is 2. The third kappa shape index (κ3) is 4.83. The molecule has 4 heteroatoms. The molecule has 1 unspecified atom stereocenters. The Morgan fingerprint density at radius 3 is 2.76 bits per heavy atom. The van der Waals surface area contributed by atoms with E-state index in [1.165, 1.54) is 47.8 Å². The number of nitrogens with zero attached hydrogens (tertiary/aromatic N) is 2. The van der Waals surface area contributed by atoms with E-state index in [1.54, 1.807) is 0 Å². The maximum absolute atomic E-state index is 4.51. The summed E-state index contributed by atoms with van der Waals surface area (Å²) in [4.78, 5) is 8.67. The normalized spacial score (nSPS) is 19.8. The summed E-state index contributed by atoms with van der Waals surface area (Å²) in [6, 6.07) is 9.56. The van der Waals surface area contributed by atoms with E-state index in [1.807, 2.05) is 11.3 Å². The van der Waals surface area contributed by atoms with Crippen molar-refractivity contribution in [2.75, 3.05) is 25.0 Å². The van der Waals surface area contributed by atoms with Gasteiger partial charge in [0.1, 0.15) is 0 Å². The average Bonchev–Trinajstić information content (AvgIpc) is 3.02. The van der Waals surface area contributed by atoms with Crippen molar-refractivity contribution in [3.05, 3.63) is 46.1 Å². The molecule has 3 nitrogen and oxygen atoms in total. The topological polar surface area (TPSA) is 28.2 Å². The number of thiophene rings is 1. The largest absolute Gasteiger partial charge is 0.377 e. The molecule has 0 amide bonds. The number of aromatic nitrogens is 1. The molecule has 1 fully saturated rings. The molecule has 0 spiro atoms. The van der Waals surface area contributed by atoms with Crippen molar-refractivity contribution in [2.24, 2.45) is 5.92 Å². The minimum absolute atomic E-state index is 0.515. The van der Waals surface area contributed by atoms with Crippen LogP contribution in [0.1, 0.15) is 54.6 Å². The Morgan fingerprint density at radius 1 is 1.28 bits per heavy atom. The predicted octanol–water partition coefficient (Wildman–Crippen LogP) is 5.21. The number of likely N-dealkylation sites (tertiary alicyclic amines) is 1. The van der Waals surface area contributed by atoms with E-state index >= 15 is 0 Å². The van der Waals surface area contributed by atoms with Gasteiger partial charge >= 0.3 is 0 Å². The average molecular weight is 358 g/mol. The van der Waals surface area contributed by atoms with Crippen LogP contribution in [0.25, 0.3) is 0 Å². The lowest BCUT2D eigenvalue weighted by molar-refractivity contribution is 0.133. The van der Waals surface area contributed by atoms with Crippen LogP contribution >= 0.6 is 11.3 Å². The summed E-state index contributed by atoms with van der Waals surface area (Å²) in [7, 11) is 0. The summed E-state index contributed by atoms with van der Waals surface area (Å²) in [6.45, 7) is 12.1. The van der Waals surface area contributed by atoms with Gasteiger partial charge in [0.05, 0.1) is 5.00 Å². The van der Waals surface area contributed by atoms with Gasteiger partial charge in [0.25, 0.3) is 0 Å². The molecule has 2 aromatic heterocycles. The summed E-state index contributed by atoms with van der Waals surface area (Å²) in [5.41, 5.74) is 3.74. The fourth-order valence-electron chi connectivity index (χ4n) is 4.01. The second-order valence-electron chi connectivity index (χ2n) is 7.37. The van der Waals surface area contributed by atoms with E-state index in [4.69, 9.17) is 0 Å². The minimum atomic E-state index is 0.515. The molecule has 2 atom stereocenters. The highest BCUT2D eigenvalue weighted by molar-refractivity contribution is 7.16. The highest BCUT2D eigenvalue weighted by atomic mass is 32.1. The van der Waals surface area contributed by atoms with Crippen molar-refractivity contribution in [3.8, 4) is 0 Å². The van der Waals surface area contributed by atoms with Crippen molar-refractivity contribution in [3.63, 3.8) is 0 Å².